The number of fused-ring (bicyclic) bond motifs is 1. The fraction of sp³-hybridized carbons (Fsp3) is 0.258. The molecule has 3 aromatic carbocycles. The van der Waals surface area contributed by atoms with Crippen molar-refractivity contribution in [2.24, 2.45) is 0 Å². The molecule has 0 saturated carbocycles. The van der Waals surface area contributed by atoms with E-state index >= 15 is 0 Å². The van der Waals surface area contributed by atoms with E-state index in [1.807, 2.05) is 59.5 Å². The summed E-state index contributed by atoms with van der Waals surface area (Å²) in [6.45, 7) is 1.54. The third kappa shape index (κ3) is 5.69. The minimum Gasteiger partial charge on any atom is -0.491 e. The molecule has 0 bridgehead atoms. The molecule has 1 aliphatic rings. The van der Waals surface area contributed by atoms with Gasteiger partial charge in [0, 0.05) is 29.3 Å². The van der Waals surface area contributed by atoms with Gasteiger partial charge in [-0.3, -0.25) is 4.79 Å². The predicted molar refractivity (Wildman–Crippen MR) is 144 cm³/mol. The molecule has 1 amide bonds. The number of carbonyl (C=O) groups is 1. The fourth-order valence-electron chi connectivity index (χ4n) is 4.91. The van der Waals surface area contributed by atoms with Crippen molar-refractivity contribution in [3.8, 4) is 5.75 Å². The number of rotatable bonds is 8. The van der Waals surface area contributed by atoms with Gasteiger partial charge < -0.3 is 14.7 Å². The van der Waals surface area contributed by atoms with Crippen molar-refractivity contribution in [1.82, 2.24) is 4.90 Å². The van der Waals surface area contributed by atoms with Crippen LogP contribution in [0.4, 0.5) is 0 Å². The summed E-state index contributed by atoms with van der Waals surface area (Å²) >= 11 is 1.74. The first-order valence-corrected chi connectivity index (χ1v) is 13.4. The van der Waals surface area contributed by atoms with Crippen LogP contribution in [0.2, 0.25) is 0 Å². The number of aliphatic hydroxyl groups is 1. The zero-order chi connectivity index (χ0) is 24.7. The monoisotopic (exact) mass is 497 g/mol. The molecular weight excluding hydrogens is 466 g/mol. The topological polar surface area (TPSA) is 49.8 Å². The van der Waals surface area contributed by atoms with Crippen LogP contribution in [0.1, 0.15) is 52.0 Å². The summed E-state index contributed by atoms with van der Waals surface area (Å²) < 4.78 is 5.98. The number of aryl methyl sites for hydroxylation is 1. The van der Waals surface area contributed by atoms with Crippen LogP contribution in [-0.4, -0.2) is 29.1 Å². The zero-order valence-electron chi connectivity index (χ0n) is 20.3. The number of amides is 1. The number of ether oxygens (including phenoxy) is 1. The quantitative estimate of drug-likeness (QED) is 0.308. The molecule has 1 aromatic heterocycles. The molecule has 36 heavy (non-hydrogen) atoms. The maximum absolute atomic E-state index is 13.0. The van der Waals surface area contributed by atoms with E-state index in [0.29, 0.717) is 26.1 Å². The van der Waals surface area contributed by atoms with Gasteiger partial charge in [0.05, 0.1) is 12.6 Å². The molecule has 1 unspecified atom stereocenters. The van der Waals surface area contributed by atoms with Gasteiger partial charge in [0.1, 0.15) is 12.4 Å². The lowest BCUT2D eigenvalue weighted by Crippen LogP contribution is -2.32. The van der Waals surface area contributed by atoms with E-state index in [2.05, 4.69) is 41.8 Å². The molecule has 1 N–H and O–H groups in total. The molecule has 4 nitrogen and oxygen atoms in total. The molecule has 2 heterocycles. The molecule has 0 saturated heterocycles. The molecule has 0 radical (unpaired) electrons. The van der Waals surface area contributed by atoms with Gasteiger partial charge in [0.2, 0.25) is 5.91 Å². The molecule has 1 atom stereocenters. The summed E-state index contributed by atoms with van der Waals surface area (Å²) in [5.74, 6) is 0.739. The first-order valence-electron chi connectivity index (χ1n) is 12.5. The number of aliphatic hydroxyl groups excluding tert-OH is 1. The summed E-state index contributed by atoms with van der Waals surface area (Å²) in [4.78, 5) is 16.2. The number of nitrogens with zero attached hydrogens (tertiary/aromatic N) is 1. The number of benzene rings is 3. The van der Waals surface area contributed by atoms with E-state index < -0.39 is 6.10 Å². The Balaban J connectivity index is 1.35. The lowest BCUT2D eigenvalue weighted by molar-refractivity contribution is -0.132. The van der Waals surface area contributed by atoms with Crippen molar-refractivity contribution in [1.29, 1.82) is 0 Å². The van der Waals surface area contributed by atoms with Gasteiger partial charge in [-0.2, -0.15) is 0 Å². The van der Waals surface area contributed by atoms with E-state index in [1.165, 1.54) is 4.88 Å². The number of hydrogen-bond donors (Lipinski definition) is 1. The van der Waals surface area contributed by atoms with E-state index in [0.717, 1.165) is 40.8 Å². The molecule has 1 aliphatic heterocycles. The highest BCUT2D eigenvalue weighted by Crippen LogP contribution is 2.38. The SMILES string of the molecule is O=C(CCCc1cccs1)N1CCOc2ccc(C(O)C(c3ccccc3)c3ccccc3)cc2C1. The first-order chi connectivity index (χ1) is 17.7. The van der Waals surface area contributed by atoms with Gasteiger partial charge in [0.15, 0.2) is 0 Å². The molecule has 5 rings (SSSR count). The first kappa shape index (κ1) is 24.3. The molecule has 5 heteroatoms. The summed E-state index contributed by atoms with van der Waals surface area (Å²) in [6, 6.07) is 30.3. The third-order valence-electron chi connectivity index (χ3n) is 6.79. The highest BCUT2D eigenvalue weighted by atomic mass is 32.1. The average molecular weight is 498 g/mol. The molecule has 4 aromatic rings. The van der Waals surface area contributed by atoms with Crippen molar-refractivity contribution < 1.29 is 14.6 Å². The Hall–Kier alpha value is -3.41. The summed E-state index contributed by atoms with van der Waals surface area (Å²) in [5, 5.41) is 13.7. The van der Waals surface area contributed by atoms with E-state index in [-0.39, 0.29) is 11.8 Å². The molecule has 0 spiro atoms. The number of thiophene rings is 1. The largest absolute Gasteiger partial charge is 0.491 e. The molecule has 0 fully saturated rings. The Morgan fingerprint density at radius 1 is 0.917 bits per heavy atom. The second-order valence-electron chi connectivity index (χ2n) is 9.21. The summed E-state index contributed by atoms with van der Waals surface area (Å²) in [5.41, 5.74) is 3.88. The van der Waals surface area contributed by atoms with E-state index in [1.54, 1.807) is 11.3 Å². The van der Waals surface area contributed by atoms with Crippen LogP contribution in [0.5, 0.6) is 5.75 Å². The highest BCUT2D eigenvalue weighted by molar-refractivity contribution is 7.09. The normalized spacial score (nSPS) is 14.1. The van der Waals surface area contributed by atoms with E-state index in [4.69, 9.17) is 4.74 Å². The average Bonchev–Trinajstić information content (AvgIpc) is 3.34. The van der Waals surface area contributed by atoms with Crippen LogP contribution >= 0.6 is 11.3 Å². The Morgan fingerprint density at radius 2 is 1.64 bits per heavy atom. The highest BCUT2D eigenvalue weighted by Gasteiger charge is 2.27. The van der Waals surface area contributed by atoms with Gasteiger partial charge in [0.25, 0.3) is 0 Å². The van der Waals surface area contributed by atoms with Gasteiger partial charge in [-0.05, 0) is 53.1 Å². The van der Waals surface area contributed by atoms with Gasteiger partial charge >= 0.3 is 0 Å². The fourth-order valence-corrected chi connectivity index (χ4v) is 5.66. The van der Waals surface area contributed by atoms with Crippen LogP contribution < -0.4 is 4.74 Å². The summed E-state index contributed by atoms with van der Waals surface area (Å²) in [7, 11) is 0. The Kier molecular flexibility index (Phi) is 7.79. The number of hydrogen-bond acceptors (Lipinski definition) is 4. The van der Waals surface area contributed by atoms with Crippen molar-refractivity contribution in [3.05, 3.63) is 124 Å². The zero-order valence-corrected chi connectivity index (χ0v) is 21.1. The molecule has 0 aliphatic carbocycles. The van der Waals surface area contributed by atoms with Crippen LogP contribution in [0.25, 0.3) is 0 Å². The van der Waals surface area contributed by atoms with Crippen molar-refractivity contribution in [2.75, 3.05) is 13.2 Å². The van der Waals surface area contributed by atoms with Crippen LogP contribution in [0, 0.1) is 0 Å². The molecular formula is C31H31NO3S. The van der Waals surface area contributed by atoms with Gasteiger partial charge in [-0.1, -0.05) is 72.8 Å². The number of carbonyl (C=O) groups excluding carboxylic acids is 1. The maximum atomic E-state index is 13.0. The lowest BCUT2D eigenvalue weighted by atomic mass is 9.83. The van der Waals surface area contributed by atoms with Crippen molar-refractivity contribution >= 4 is 17.2 Å². The van der Waals surface area contributed by atoms with Crippen LogP contribution in [0.15, 0.2) is 96.4 Å². The second-order valence-corrected chi connectivity index (χ2v) is 10.2. The Labute approximate surface area is 216 Å². The maximum Gasteiger partial charge on any atom is 0.222 e. The smallest absolute Gasteiger partial charge is 0.222 e. The second kappa shape index (κ2) is 11.5. The molecule has 184 valence electrons. The van der Waals surface area contributed by atoms with Crippen LogP contribution in [-0.2, 0) is 17.8 Å². The summed E-state index contributed by atoms with van der Waals surface area (Å²) in [6.07, 6.45) is 1.57. The standard InChI is InChI=1S/C31H31NO3S/c33-29(15-7-13-27-14-8-20-36-27)32-18-19-35-28-17-16-25(21-26(28)22-32)31(34)30(23-9-3-1-4-10-23)24-11-5-2-6-12-24/h1-6,8-12,14,16-17,20-21,30-31,34H,7,13,15,18-19,22H2. The van der Waals surface area contributed by atoms with Crippen molar-refractivity contribution in [2.45, 2.75) is 37.8 Å². The third-order valence-corrected chi connectivity index (χ3v) is 7.72. The Morgan fingerprint density at radius 3 is 2.31 bits per heavy atom. The minimum absolute atomic E-state index is 0.153. The van der Waals surface area contributed by atoms with Crippen molar-refractivity contribution in [3.63, 3.8) is 0 Å². The lowest BCUT2D eigenvalue weighted by Gasteiger charge is -2.25. The predicted octanol–water partition coefficient (Wildman–Crippen LogP) is 6.36. The van der Waals surface area contributed by atoms with E-state index in [9.17, 15) is 9.90 Å². The minimum atomic E-state index is -0.738. The van der Waals surface area contributed by atoms with Crippen LogP contribution in [0.3, 0.4) is 0 Å². The Bertz CT molecular complexity index is 1220. The van der Waals surface area contributed by atoms with Gasteiger partial charge in [-0.25, -0.2) is 0 Å². The van der Waals surface area contributed by atoms with Gasteiger partial charge in [-0.15, -0.1) is 11.3 Å².